The minimum Gasteiger partial charge on any atom is -0.459 e. The first-order chi connectivity index (χ1) is 9.11. The standard InChI is InChI=1S/C15H24O4/c1-2-3-4-5-7-12(16)10-13(17)11-14-8-6-9-15(18)19-14/h6,9,13-14,17H,2-5,7-8,10-11H2,1H3/t13-,14+/m1/s1. The zero-order chi connectivity index (χ0) is 14.1. The highest BCUT2D eigenvalue weighted by molar-refractivity contribution is 5.82. The van der Waals surface area contributed by atoms with Crippen LogP contribution in [0.4, 0.5) is 0 Å². The number of hydrogen-bond acceptors (Lipinski definition) is 4. The summed E-state index contributed by atoms with van der Waals surface area (Å²) < 4.78 is 5.05. The predicted octanol–water partition coefficient (Wildman–Crippen LogP) is 2.54. The van der Waals surface area contributed by atoms with Crippen molar-refractivity contribution in [2.24, 2.45) is 0 Å². The second-order valence-corrected chi connectivity index (χ2v) is 5.14. The number of ketones is 1. The molecule has 0 aromatic rings. The lowest BCUT2D eigenvalue weighted by Gasteiger charge is -2.21. The smallest absolute Gasteiger partial charge is 0.330 e. The molecular weight excluding hydrogens is 244 g/mol. The van der Waals surface area contributed by atoms with Gasteiger partial charge in [-0.1, -0.05) is 32.3 Å². The van der Waals surface area contributed by atoms with Crippen LogP contribution in [0, 0.1) is 0 Å². The Morgan fingerprint density at radius 1 is 1.47 bits per heavy atom. The number of unbranched alkanes of at least 4 members (excludes halogenated alkanes) is 3. The highest BCUT2D eigenvalue weighted by Crippen LogP contribution is 2.16. The minimum absolute atomic E-state index is 0.0984. The Labute approximate surface area is 114 Å². The summed E-state index contributed by atoms with van der Waals surface area (Å²) in [6.45, 7) is 2.13. The van der Waals surface area contributed by atoms with Gasteiger partial charge in [-0.15, -0.1) is 0 Å². The summed E-state index contributed by atoms with van der Waals surface area (Å²) >= 11 is 0. The molecule has 0 unspecified atom stereocenters. The summed E-state index contributed by atoms with van der Waals surface area (Å²) in [6.07, 6.45) is 8.10. The van der Waals surface area contributed by atoms with Crippen LogP contribution in [-0.2, 0) is 14.3 Å². The Hall–Kier alpha value is -1.16. The number of ether oxygens (including phenoxy) is 1. The fraction of sp³-hybridized carbons (Fsp3) is 0.733. The zero-order valence-corrected chi connectivity index (χ0v) is 11.6. The summed E-state index contributed by atoms with van der Waals surface area (Å²) in [4.78, 5) is 22.7. The fourth-order valence-corrected chi connectivity index (χ4v) is 2.21. The molecule has 0 aromatic heterocycles. The number of carbonyl (C=O) groups excluding carboxylic acids is 2. The van der Waals surface area contributed by atoms with Gasteiger partial charge in [-0.05, 0) is 6.42 Å². The van der Waals surface area contributed by atoms with Crippen molar-refractivity contribution in [3.8, 4) is 0 Å². The molecule has 0 amide bonds. The molecule has 1 aliphatic heterocycles. The van der Waals surface area contributed by atoms with Crippen molar-refractivity contribution >= 4 is 11.8 Å². The molecule has 0 spiro atoms. The summed E-state index contributed by atoms with van der Waals surface area (Å²) in [5.41, 5.74) is 0. The average Bonchev–Trinajstić information content (AvgIpc) is 2.34. The molecule has 0 bridgehead atoms. The lowest BCUT2D eigenvalue weighted by molar-refractivity contribution is -0.145. The number of aliphatic hydroxyl groups is 1. The average molecular weight is 268 g/mol. The first kappa shape index (κ1) is 15.9. The van der Waals surface area contributed by atoms with E-state index < -0.39 is 6.10 Å². The van der Waals surface area contributed by atoms with E-state index in [4.69, 9.17) is 4.74 Å². The second kappa shape index (κ2) is 8.86. The number of cyclic esters (lactones) is 1. The maximum Gasteiger partial charge on any atom is 0.330 e. The van der Waals surface area contributed by atoms with E-state index in [1.807, 2.05) is 0 Å². The summed E-state index contributed by atoms with van der Waals surface area (Å²) in [7, 11) is 0. The van der Waals surface area contributed by atoms with Gasteiger partial charge in [0, 0.05) is 31.8 Å². The molecule has 0 radical (unpaired) electrons. The predicted molar refractivity (Wildman–Crippen MR) is 72.6 cm³/mol. The molecule has 0 saturated carbocycles. The number of aliphatic hydroxyl groups excluding tert-OH is 1. The van der Waals surface area contributed by atoms with Gasteiger partial charge in [0.25, 0.3) is 0 Å². The number of carbonyl (C=O) groups is 2. The van der Waals surface area contributed by atoms with Crippen LogP contribution >= 0.6 is 0 Å². The van der Waals surface area contributed by atoms with Crippen LogP contribution in [0.25, 0.3) is 0 Å². The van der Waals surface area contributed by atoms with Gasteiger partial charge < -0.3 is 9.84 Å². The SMILES string of the molecule is CCCCCCC(=O)C[C@@H](O)C[C@@H]1CC=CC(=O)O1. The van der Waals surface area contributed by atoms with E-state index in [-0.39, 0.29) is 24.3 Å². The van der Waals surface area contributed by atoms with E-state index in [0.717, 1.165) is 25.7 Å². The van der Waals surface area contributed by atoms with Crippen LogP contribution in [0.5, 0.6) is 0 Å². The molecule has 19 heavy (non-hydrogen) atoms. The van der Waals surface area contributed by atoms with Crippen LogP contribution < -0.4 is 0 Å². The van der Waals surface area contributed by atoms with Gasteiger partial charge >= 0.3 is 5.97 Å². The largest absolute Gasteiger partial charge is 0.459 e. The van der Waals surface area contributed by atoms with Crippen molar-refractivity contribution in [2.45, 2.75) is 70.5 Å². The monoisotopic (exact) mass is 268 g/mol. The normalized spacial score (nSPS) is 20.1. The van der Waals surface area contributed by atoms with Crippen LogP contribution in [-0.4, -0.2) is 29.1 Å². The molecule has 4 nitrogen and oxygen atoms in total. The topological polar surface area (TPSA) is 63.6 Å². The highest BCUT2D eigenvalue weighted by Gasteiger charge is 2.21. The number of rotatable bonds is 9. The molecular formula is C15H24O4. The van der Waals surface area contributed by atoms with E-state index in [9.17, 15) is 14.7 Å². The third-order valence-corrected chi connectivity index (χ3v) is 3.24. The van der Waals surface area contributed by atoms with Crippen molar-refractivity contribution in [1.82, 2.24) is 0 Å². The number of Topliss-reactive ketones (excluding diaryl/α,β-unsaturated/α-hetero) is 1. The Bertz CT molecular complexity index is 322. The maximum absolute atomic E-state index is 11.6. The highest BCUT2D eigenvalue weighted by atomic mass is 16.5. The minimum atomic E-state index is -0.706. The van der Waals surface area contributed by atoms with E-state index in [0.29, 0.717) is 19.3 Å². The zero-order valence-electron chi connectivity index (χ0n) is 11.6. The molecule has 2 atom stereocenters. The van der Waals surface area contributed by atoms with Gasteiger partial charge in [-0.25, -0.2) is 4.79 Å². The fourth-order valence-electron chi connectivity index (χ4n) is 2.21. The Kier molecular flexibility index (Phi) is 7.41. The van der Waals surface area contributed by atoms with Crippen LogP contribution in [0.3, 0.4) is 0 Å². The van der Waals surface area contributed by atoms with Crippen molar-refractivity contribution in [2.75, 3.05) is 0 Å². The molecule has 1 aliphatic rings. The molecule has 4 heteroatoms. The van der Waals surface area contributed by atoms with Gasteiger partial charge in [0.05, 0.1) is 6.10 Å². The molecule has 1 N–H and O–H groups in total. The number of hydrogen-bond donors (Lipinski definition) is 1. The second-order valence-electron chi connectivity index (χ2n) is 5.14. The van der Waals surface area contributed by atoms with Gasteiger partial charge in [0.1, 0.15) is 11.9 Å². The molecule has 1 rings (SSSR count). The Balaban J connectivity index is 2.16. The first-order valence-corrected chi connectivity index (χ1v) is 7.18. The van der Waals surface area contributed by atoms with Gasteiger partial charge in [-0.2, -0.15) is 0 Å². The molecule has 0 fully saturated rings. The summed E-state index contributed by atoms with van der Waals surface area (Å²) in [5.74, 6) is -0.268. The lowest BCUT2D eigenvalue weighted by Crippen LogP contribution is -2.26. The summed E-state index contributed by atoms with van der Waals surface area (Å²) in [6, 6.07) is 0. The third-order valence-electron chi connectivity index (χ3n) is 3.24. The lowest BCUT2D eigenvalue weighted by atomic mass is 10.0. The van der Waals surface area contributed by atoms with E-state index in [1.165, 1.54) is 6.08 Å². The van der Waals surface area contributed by atoms with E-state index in [2.05, 4.69) is 6.92 Å². The van der Waals surface area contributed by atoms with Crippen molar-refractivity contribution < 1.29 is 19.4 Å². The quantitative estimate of drug-likeness (QED) is 0.515. The third kappa shape index (κ3) is 7.11. The van der Waals surface area contributed by atoms with Crippen LogP contribution in [0.2, 0.25) is 0 Å². The van der Waals surface area contributed by atoms with Crippen molar-refractivity contribution in [1.29, 1.82) is 0 Å². The molecule has 1 heterocycles. The molecule has 0 aromatic carbocycles. The van der Waals surface area contributed by atoms with E-state index in [1.54, 1.807) is 6.08 Å². The summed E-state index contributed by atoms with van der Waals surface area (Å²) in [5, 5.41) is 9.82. The Morgan fingerprint density at radius 2 is 2.26 bits per heavy atom. The first-order valence-electron chi connectivity index (χ1n) is 7.18. The van der Waals surface area contributed by atoms with Crippen LogP contribution in [0.15, 0.2) is 12.2 Å². The van der Waals surface area contributed by atoms with Crippen LogP contribution in [0.1, 0.15) is 58.3 Å². The van der Waals surface area contributed by atoms with Gasteiger partial charge in [0.15, 0.2) is 0 Å². The van der Waals surface area contributed by atoms with Crippen molar-refractivity contribution in [3.63, 3.8) is 0 Å². The maximum atomic E-state index is 11.6. The molecule has 0 saturated heterocycles. The molecule has 108 valence electrons. The van der Waals surface area contributed by atoms with Gasteiger partial charge in [-0.3, -0.25) is 4.79 Å². The molecule has 0 aliphatic carbocycles. The van der Waals surface area contributed by atoms with E-state index >= 15 is 0 Å². The Morgan fingerprint density at radius 3 is 2.95 bits per heavy atom. The number of esters is 1. The van der Waals surface area contributed by atoms with Crippen molar-refractivity contribution in [3.05, 3.63) is 12.2 Å². The van der Waals surface area contributed by atoms with Gasteiger partial charge in [0.2, 0.25) is 0 Å².